The number of halogens is 1. The van der Waals surface area contributed by atoms with Gasteiger partial charge in [-0.15, -0.1) is 0 Å². The Hall–Kier alpha value is -3.24. The minimum Gasteiger partial charge on any atom is -0.496 e. The summed E-state index contributed by atoms with van der Waals surface area (Å²) in [7, 11) is 1.63. The van der Waals surface area contributed by atoms with E-state index in [2.05, 4.69) is 51.6 Å². The van der Waals surface area contributed by atoms with Crippen LogP contribution in [0.15, 0.2) is 58.1 Å². The van der Waals surface area contributed by atoms with Gasteiger partial charge in [0.1, 0.15) is 5.75 Å². The summed E-state index contributed by atoms with van der Waals surface area (Å²) in [6.07, 6.45) is 1.69. The van der Waals surface area contributed by atoms with Gasteiger partial charge in [0, 0.05) is 18.8 Å². The molecule has 9 nitrogen and oxygen atoms in total. The lowest BCUT2D eigenvalue weighted by Gasteiger charge is -2.27. The van der Waals surface area contributed by atoms with Crippen LogP contribution in [0.25, 0.3) is 0 Å². The van der Waals surface area contributed by atoms with Gasteiger partial charge in [0.15, 0.2) is 0 Å². The molecular formula is C21H22BrN7O2. The van der Waals surface area contributed by atoms with Crippen molar-refractivity contribution < 1.29 is 9.47 Å². The number of morpholine rings is 1. The average molecular weight is 484 g/mol. The van der Waals surface area contributed by atoms with Crippen LogP contribution in [0.2, 0.25) is 0 Å². The Labute approximate surface area is 188 Å². The zero-order chi connectivity index (χ0) is 21.5. The van der Waals surface area contributed by atoms with Crippen LogP contribution in [0.3, 0.4) is 0 Å². The summed E-state index contributed by atoms with van der Waals surface area (Å²) in [4.78, 5) is 15.6. The van der Waals surface area contributed by atoms with Crippen LogP contribution in [0.5, 0.6) is 5.75 Å². The highest BCUT2D eigenvalue weighted by Crippen LogP contribution is 2.25. The maximum atomic E-state index is 5.44. The second-order valence-electron chi connectivity index (χ2n) is 6.64. The summed E-state index contributed by atoms with van der Waals surface area (Å²) in [5, 5.41) is 7.50. The summed E-state index contributed by atoms with van der Waals surface area (Å²) in [6.45, 7) is 2.72. The van der Waals surface area contributed by atoms with Crippen molar-refractivity contribution in [2.24, 2.45) is 5.10 Å². The van der Waals surface area contributed by atoms with Crippen molar-refractivity contribution in [3.8, 4) is 5.75 Å². The van der Waals surface area contributed by atoms with Crippen molar-refractivity contribution in [2.75, 3.05) is 49.1 Å². The lowest BCUT2D eigenvalue weighted by molar-refractivity contribution is 0.122. The van der Waals surface area contributed by atoms with Crippen LogP contribution in [-0.4, -0.2) is 54.6 Å². The van der Waals surface area contributed by atoms with E-state index in [4.69, 9.17) is 9.47 Å². The highest BCUT2D eigenvalue weighted by molar-refractivity contribution is 9.10. The molecule has 31 heavy (non-hydrogen) atoms. The highest BCUT2D eigenvalue weighted by atomic mass is 79.9. The predicted octanol–water partition coefficient (Wildman–Crippen LogP) is 3.67. The number of rotatable bonds is 7. The molecule has 1 fully saturated rings. The van der Waals surface area contributed by atoms with Gasteiger partial charge in [-0.3, -0.25) is 0 Å². The third-order valence-electron chi connectivity index (χ3n) is 4.50. The Morgan fingerprint density at radius 3 is 2.58 bits per heavy atom. The van der Waals surface area contributed by atoms with E-state index >= 15 is 0 Å². The SMILES string of the molecule is COc1ccc(/C=N\Nc2nc(Nc3ccccc3)nc(N3CCOCC3)n2)cc1Br. The average Bonchev–Trinajstić information content (AvgIpc) is 2.80. The third-order valence-corrected chi connectivity index (χ3v) is 5.12. The number of nitrogens with one attached hydrogen (secondary N) is 2. The molecule has 1 saturated heterocycles. The van der Waals surface area contributed by atoms with E-state index < -0.39 is 0 Å². The summed E-state index contributed by atoms with van der Waals surface area (Å²) in [5.74, 6) is 2.11. The Bertz CT molecular complexity index is 1040. The first-order valence-electron chi connectivity index (χ1n) is 9.75. The molecule has 10 heteroatoms. The largest absolute Gasteiger partial charge is 0.496 e. The summed E-state index contributed by atoms with van der Waals surface area (Å²) in [6, 6.07) is 15.4. The molecule has 160 valence electrons. The van der Waals surface area contributed by atoms with Gasteiger partial charge >= 0.3 is 0 Å². The minimum atomic E-state index is 0.346. The number of benzene rings is 2. The zero-order valence-corrected chi connectivity index (χ0v) is 18.5. The van der Waals surface area contributed by atoms with E-state index in [1.807, 2.05) is 48.5 Å². The van der Waals surface area contributed by atoms with E-state index in [0.717, 1.165) is 34.6 Å². The number of ether oxygens (including phenoxy) is 2. The molecule has 2 heterocycles. The molecule has 2 N–H and O–H groups in total. The second kappa shape index (κ2) is 10.2. The highest BCUT2D eigenvalue weighted by Gasteiger charge is 2.16. The molecule has 1 aliphatic rings. The van der Waals surface area contributed by atoms with Crippen molar-refractivity contribution in [1.82, 2.24) is 15.0 Å². The molecule has 0 atom stereocenters. The fourth-order valence-corrected chi connectivity index (χ4v) is 3.51. The summed E-state index contributed by atoms with van der Waals surface area (Å²) in [5.41, 5.74) is 4.69. The molecule has 0 aliphatic carbocycles. The lowest BCUT2D eigenvalue weighted by atomic mass is 10.2. The van der Waals surface area contributed by atoms with Crippen molar-refractivity contribution in [3.63, 3.8) is 0 Å². The van der Waals surface area contributed by atoms with Gasteiger partial charge in [-0.25, -0.2) is 5.43 Å². The molecule has 2 aromatic carbocycles. The van der Waals surface area contributed by atoms with Crippen molar-refractivity contribution >= 4 is 45.7 Å². The quantitative estimate of drug-likeness (QED) is 0.388. The Morgan fingerprint density at radius 2 is 1.84 bits per heavy atom. The van der Waals surface area contributed by atoms with Gasteiger partial charge in [-0.1, -0.05) is 18.2 Å². The molecular weight excluding hydrogens is 462 g/mol. The number of hydrogen-bond donors (Lipinski definition) is 2. The van der Waals surface area contributed by atoms with Gasteiger partial charge in [0.25, 0.3) is 0 Å². The van der Waals surface area contributed by atoms with Crippen LogP contribution in [-0.2, 0) is 4.74 Å². The van der Waals surface area contributed by atoms with Gasteiger partial charge < -0.3 is 19.7 Å². The lowest BCUT2D eigenvalue weighted by Crippen LogP contribution is -2.37. The number of nitrogens with zero attached hydrogens (tertiary/aromatic N) is 5. The first-order valence-corrected chi connectivity index (χ1v) is 10.5. The zero-order valence-electron chi connectivity index (χ0n) is 17.0. The van der Waals surface area contributed by atoms with E-state index in [0.29, 0.717) is 31.1 Å². The number of methoxy groups -OCH3 is 1. The number of para-hydroxylation sites is 1. The third kappa shape index (κ3) is 5.68. The number of anilines is 4. The van der Waals surface area contributed by atoms with Crippen LogP contribution >= 0.6 is 15.9 Å². The van der Waals surface area contributed by atoms with E-state index in [1.165, 1.54) is 0 Å². The van der Waals surface area contributed by atoms with Gasteiger partial charge in [-0.2, -0.15) is 20.1 Å². The molecule has 0 unspecified atom stereocenters. The molecule has 0 spiro atoms. The molecule has 0 saturated carbocycles. The Morgan fingerprint density at radius 1 is 1.06 bits per heavy atom. The van der Waals surface area contributed by atoms with Gasteiger partial charge in [-0.05, 0) is 51.8 Å². The second-order valence-corrected chi connectivity index (χ2v) is 7.49. The smallest absolute Gasteiger partial charge is 0.250 e. The normalized spacial score (nSPS) is 13.9. The van der Waals surface area contributed by atoms with Gasteiger partial charge in [0.2, 0.25) is 17.8 Å². The van der Waals surface area contributed by atoms with Crippen LogP contribution in [0.1, 0.15) is 5.56 Å². The maximum absolute atomic E-state index is 5.44. The first-order chi connectivity index (χ1) is 15.2. The number of aromatic nitrogens is 3. The number of hydrazone groups is 1. The molecule has 1 aromatic heterocycles. The van der Waals surface area contributed by atoms with Crippen LogP contribution in [0.4, 0.5) is 23.5 Å². The molecule has 4 rings (SSSR count). The predicted molar refractivity (Wildman–Crippen MR) is 124 cm³/mol. The maximum Gasteiger partial charge on any atom is 0.250 e. The Balaban J connectivity index is 1.54. The Kier molecular flexibility index (Phi) is 6.90. The first kappa shape index (κ1) is 21.0. The van der Waals surface area contributed by atoms with Crippen molar-refractivity contribution in [1.29, 1.82) is 0 Å². The fourth-order valence-electron chi connectivity index (χ4n) is 2.95. The van der Waals surface area contributed by atoms with E-state index in [9.17, 15) is 0 Å². The van der Waals surface area contributed by atoms with Crippen LogP contribution in [0, 0.1) is 0 Å². The summed E-state index contributed by atoms with van der Waals surface area (Å²) < 4.78 is 11.5. The minimum absolute atomic E-state index is 0.346. The topological polar surface area (TPSA) is 96.8 Å². The van der Waals surface area contributed by atoms with E-state index in [-0.39, 0.29) is 0 Å². The number of hydrogen-bond acceptors (Lipinski definition) is 9. The molecule has 0 amide bonds. The van der Waals surface area contributed by atoms with Crippen molar-refractivity contribution in [3.05, 3.63) is 58.6 Å². The fraction of sp³-hybridized carbons (Fsp3) is 0.238. The monoisotopic (exact) mass is 483 g/mol. The summed E-state index contributed by atoms with van der Waals surface area (Å²) >= 11 is 3.47. The van der Waals surface area contributed by atoms with E-state index in [1.54, 1.807) is 13.3 Å². The molecule has 0 bridgehead atoms. The molecule has 3 aromatic rings. The molecule has 1 aliphatic heterocycles. The van der Waals surface area contributed by atoms with Gasteiger partial charge in [0.05, 0.1) is 31.0 Å². The molecule has 0 radical (unpaired) electrons. The standard InChI is InChI=1S/C21H22BrN7O2/c1-30-18-8-7-15(13-17(18)22)14-23-28-20-25-19(24-16-5-3-2-4-6-16)26-21(27-20)29-9-11-31-12-10-29/h2-8,13-14H,9-12H2,1H3,(H2,24,25,26,27,28)/b23-14-. The van der Waals surface area contributed by atoms with Crippen molar-refractivity contribution in [2.45, 2.75) is 0 Å². The van der Waals surface area contributed by atoms with Crippen LogP contribution < -0.4 is 20.4 Å².